The molecule has 0 aromatic heterocycles. The summed E-state index contributed by atoms with van der Waals surface area (Å²) in [5.41, 5.74) is 0. The van der Waals surface area contributed by atoms with Gasteiger partial charge in [-0.1, -0.05) is 174 Å². The van der Waals surface area contributed by atoms with Gasteiger partial charge in [0.05, 0.1) is 6.61 Å². The lowest BCUT2D eigenvalue weighted by atomic mass is 10.0. The summed E-state index contributed by atoms with van der Waals surface area (Å²) in [6, 6.07) is 0. The average molecular weight is 854 g/mol. The molecule has 60 heavy (non-hydrogen) atoms. The molecule has 10 nitrogen and oxygen atoms in total. The molecule has 0 saturated carbocycles. The van der Waals surface area contributed by atoms with E-state index in [1.807, 2.05) is 7.05 Å². The molecule has 0 rings (SSSR count). The fourth-order valence-electron chi connectivity index (χ4n) is 7.85. The van der Waals surface area contributed by atoms with E-state index in [1.165, 1.54) is 116 Å². The highest BCUT2D eigenvalue weighted by atomic mass is 16.7. The third-order valence-electron chi connectivity index (χ3n) is 11.9. The normalized spacial score (nSPS) is 11.9. The molecule has 0 aliphatic carbocycles. The Labute approximate surface area is 368 Å². The highest BCUT2D eigenvalue weighted by molar-refractivity contribution is 5.69. The summed E-state index contributed by atoms with van der Waals surface area (Å²) >= 11 is 0. The van der Waals surface area contributed by atoms with Crippen LogP contribution in [-0.4, -0.2) is 78.1 Å². The number of carbonyl (C=O) groups excluding carboxylic acids is 2. The highest BCUT2D eigenvalue weighted by Gasteiger charge is 2.20. The maximum Gasteiger partial charge on any atom is 0.508 e. The van der Waals surface area contributed by atoms with Crippen molar-refractivity contribution >= 4 is 24.1 Å². The van der Waals surface area contributed by atoms with Gasteiger partial charge in [-0.15, -0.1) is 0 Å². The van der Waals surface area contributed by atoms with Gasteiger partial charge in [-0.3, -0.25) is 14.4 Å². The van der Waals surface area contributed by atoms with Gasteiger partial charge in [0.25, 0.3) is 0 Å². The molecule has 0 aromatic rings. The molecule has 0 bridgehead atoms. The second-order valence-corrected chi connectivity index (χ2v) is 17.6. The summed E-state index contributed by atoms with van der Waals surface area (Å²) < 4.78 is 17.4. The Kier molecular flexibility index (Phi) is 42.9. The standard InChI is InChI=1S/C50H95NO9/c1-4-6-7-8-9-10-15-22-27-32-38-46(60-50(57)58-44-35-43-51(3)5-2)41-42-49(56)59-45(36-30-25-20-16-11-13-18-23-28-33-39-47(52)53)37-31-26-21-17-12-14-19-24-29-34-40-48(54)55/h45-46H,4-44H2,1-3H3,(H,52,53)(H,54,55). The fourth-order valence-corrected chi connectivity index (χ4v) is 7.85. The number of ether oxygens (including phenoxy) is 3. The van der Waals surface area contributed by atoms with Gasteiger partial charge in [0.15, 0.2) is 0 Å². The van der Waals surface area contributed by atoms with Crippen LogP contribution in [0, 0.1) is 0 Å². The molecular formula is C50H95NO9. The van der Waals surface area contributed by atoms with Crippen molar-refractivity contribution in [3.8, 4) is 0 Å². The van der Waals surface area contributed by atoms with E-state index < -0.39 is 18.1 Å². The van der Waals surface area contributed by atoms with Crippen LogP contribution in [0.3, 0.4) is 0 Å². The molecule has 0 amide bonds. The molecule has 1 unspecified atom stereocenters. The van der Waals surface area contributed by atoms with Gasteiger partial charge in [-0.2, -0.15) is 0 Å². The molecule has 10 heteroatoms. The van der Waals surface area contributed by atoms with Gasteiger partial charge in [0.2, 0.25) is 0 Å². The molecule has 1 atom stereocenters. The van der Waals surface area contributed by atoms with Gasteiger partial charge in [0.1, 0.15) is 12.2 Å². The molecule has 0 aliphatic rings. The SMILES string of the molecule is CCCCCCCCCCCCC(CCC(=O)OC(CCCCCCCCCCCCC(=O)O)CCCCCCCCCCCCC(=O)O)OC(=O)OCCCN(C)CC. The van der Waals surface area contributed by atoms with Crippen molar-refractivity contribution in [2.75, 3.05) is 26.7 Å². The number of nitrogens with zero attached hydrogens (tertiary/aromatic N) is 1. The van der Waals surface area contributed by atoms with Gasteiger partial charge in [-0.05, 0) is 77.8 Å². The third-order valence-corrected chi connectivity index (χ3v) is 11.9. The van der Waals surface area contributed by atoms with Crippen molar-refractivity contribution in [1.82, 2.24) is 4.90 Å². The van der Waals surface area contributed by atoms with Crippen molar-refractivity contribution in [3.05, 3.63) is 0 Å². The number of rotatable bonds is 47. The first kappa shape index (κ1) is 57.6. The number of hydrogen-bond acceptors (Lipinski definition) is 8. The van der Waals surface area contributed by atoms with Crippen molar-refractivity contribution in [3.63, 3.8) is 0 Å². The van der Waals surface area contributed by atoms with E-state index >= 15 is 0 Å². The zero-order chi connectivity index (χ0) is 44.2. The van der Waals surface area contributed by atoms with Crippen molar-refractivity contribution < 1.29 is 43.6 Å². The third kappa shape index (κ3) is 43.7. The molecule has 0 aromatic carbocycles. The maximum absolute atomic E-state index is 13.3. The molecule has 0 radical (unpaired) electrons. The summed E-state index contributed by atoms with van der Waals surface area (Å²) in [7, 11) is 2.05. The average Bonchev–Trinajstić information content (AvgIpc) is 3.22. The van der Waals surface area contributed by atoms with E-state index in [0.29, 0.717) is 13.0 Å². The molecule has 354 valence electrons. The Morgan fingerprint density at radius 2 is 0.783 bits per heavy atom. The maximum atomic E-state index is 13.3. The lowest BCUT2D eigenvalue weighted by molar-refractivity contribution is -0.150. The van der Waals surface area contributed by atoms with Crippen molar-refractivity contribution in [1.29, 1.82) is 0 Å². The first-order valence-electron chi connectivity index (χ1n) is 25.3. The highest BCUT2D eigenvalue weighted by Crippen LogP contribution is 2.21. The quantitative estimate of drug-likeness (QED) is 0.0449. The number of carbonyl (C=O) groups is 4. The second-order valence-electron chi connectivity index (χ2n) is 17.6. The Morgan fingerprint density at radius 1 is 0.433 bits per heavy atom. The second kappa shape index (κ2) is 44.7. The first-order chi connectivity index (χ1) is 29.2. The van der Waals surface area contributed by atoms with E-state index in [4.69, 9.17) is 24.4 Å². The number of aliphatic carboxylic acids is 2. The minimum atomic E-state index is -0.702. The lowest BCUT2D eigenvalue weighted by Crippen LogP contribution is -2.24. The molecule has 0 aliphatic heterocycles. The number of hydrogen-bond donors (Lipinski definition) is 2. The molecule has 0 saturated heterocycles. The van der Waals surface area contributed by atoms with Gasteiger partial charge in [-0.25, -0.2) is 4.79 Å². The molecule has 0 fully saturated rings. The Morgan fingerprint density at radius 3 is 1.15 bits per heavy atom. The molecule has 2 N–H and O–H groups in total. The predicted molar refractivity (Wildman–Crippen MR) is 246 cm³/mol. The molecule has 0 heterocycles. The van der Waals surface area contributed by atoms with E-state index in [-0.39, 0.29) is 37.4 Å². The smallest absolute Gasteiger partial charge is 0.481 e. The molecule has 0 spiro atoms. The minimum absolute atomic E-state index is 0.0818. The van der Waals surface area contributed by atoms with E-state index in [9.17, 15) is 19.2 Å². The number of unbranched alkanes of at least 4 members (excludes halogenated alkanes) is 27. The van der Waals surface area contributed by atoms with Crippen LogP contribution in [0.15, 0.2) is 0 Å². The van der Waals surface area contributed by atoms with Crippen LogP contribution in [0.25, 0.3) is 0 Å². The fraction of sp³-hybridized carbons (Fsp3) is 0.920. The van der Waals surface area contributed by atoms with Crippen LogP contribution >= 0.6 is 0 Å². The van der Waals surface area contributed by atoms with Crippen LogP contribution in [-0.2, 0) is 28.6 Å². The largest absolute Gasteiger partial charge is 0.508 e. The number of carboxylic acids is 2. The first-order valence-corrected chi connectivity index (χ1v) is 25.3. The van der Waals surface area contributed by atoms with E-state index in [2.05, 4.69) is 18.7 Å². The summed E-state index contributed by atoms with van der Waals surface area (Å²) in [5, 5.41) is 17.6. The van der Waals surface area contributed by atoms with Crippen LogP contribution in [0.4, 0.5) is 4.79 Å². The Balaban J connectivity index is 4.88. The van der Waals surface area contributed by atoms with E-state index in [1.54, 1.807) is 0 Å². The zero-order valence-corrected chi connectivity index (χ0v) is 39.3. The van der Waals surface area contributed by atoms with Gasteiger partial charge < -0.3 is 29.3 Å². The monoisotopic (exact) mass is 854 g/mol. The van der Waals surface area contributed by atoms with E-state index in [0.717, 1.165) is 116 Å². The summed E-state index contributed by atoms with van der Waals surface area (Å²) in [4.78, 5) is 49.5. The van der Waals surface area contributed by atoms with Crippen LogP contribution in [0.2, 0.25) is 0 Å². The Bertz CT molecular complexity index is 955. The topological polar surface area (TPSA) is 140 Å². The van der Waals surface area contributed by atoms with Crippen LogP contribution in [0.5, 0.6) is 0 Å². The van der Waals surface area contributed by atoms with Crippen LogP contribution < -0.4 is 0 Å². The lowest BCUT2D eigenvalue weighted by Gasteiger charge is -2.20. The summed E-state index contributed by atoms with van der Waals surface area (Å²) in [5.74, 6) is -1.60. The van der Waals surface area contributed by atoms with Crippen molar-refractivity contribution in [2.24, 2.45) is 0 Å². The minimum Gasteiger partial charge on any atom is -0.481 e. The summed E-state index contributed by atoms with van der Waals surface area (Å²) in [6.07, 6.45) is 37.9. The van der Waals surface area contributed by atoms with Crippen molar-refractivity contribution in [2.45, 2.75) is 270 Å². The Hall–Kier alpha value is -2.36. The molecular weight excluding hydrogens is 759 g/mol. The van der Waals surface area contributed by atoms with Gasteiger partial charge in [0, 0.05) is 25.8 Å². The predicted octanol–water partition coefficient (Wildman–Crippen LogP) is 14.4. The number of carboxylic acid groups (broad SMARTS) is 2. The zero-order valence-electron chi connectivity index (χ0n) is 39.3. The van der Waals surface area contributed by atoms with Gasteiger partial charge >= 0.3 is 24.1 Å². The summed E-state index contributed by atoms with van der Waals surface area (Å²) in [6.45, 7) is 6.48. The van der Waals surface area contributed by atoms with Crippen LogP contribution in [0.1, 0.15) is 258 Å². The number of esters is 1.